The van der Waals surface area contributed by atoms with Crippen molar-refractivity contribution in [3.05, 3.63) is 30.1 Å². The molecule has 0 aliphatic carbocycles. The Labute approximate surface area is 108 Å². The summed E-state index contributed by atoms with van der Waals surface area (Å²) in [4.78, 5) is 18.5. The van der Waals surface area contributed by atoms with E-state index in [4.69, 9.17) is 0 Å². The van der Waals surface area contributed by atoms with Crippen LogP contribution in [0.2, 0.25) is 0 Å². The van der Waals surface area contributed by atoms with E-state index in [1.807, 2.05) is 23.2 Å². The van der Waals surface area contributed by atoms with Gasteiger partial charge in [-0.05, 0) is 44.9 Å². The number of nitrogens with one attached hydrogen (secondary N) is 1. The molecule has 1 N–H and O–H groups in total. The maximum Gasteiger partial charge on any atom is 0.240 e. The molecule has 4 heteroatoms. The molecule has 1 fully saturated rings. The minimum absolute atomic E-state index is 0.00377. The lowest BCUT2D eigenvalue weighted by Gasteiger charge is -2.29. The fourth-order valence-electron chi connectivity index (χ4n) is 2.30. The number of hydrogen-bond donors (Lipinski definition) is 1. The van der Waals surface area contributed by atoms with E-state index >= 15 is 0 Å². The Morgan fingerprint density at radius 2 is 2.44 bits per heavy atom. The summed E-state index contributed by atoms with van der Waals surface area (Å²) in [5, 5.41) is 3.27. The highest BCUT2D eigenvalue weighted by Crippen LogP contribution is 2.14. The van der Waals surface area contributed by atoms with Crippen LogP contribution in [0.5, 0.6) is 0 Å². The number of amides is 1. The Balaban J connectivity index is 2.06. The van der Waals surface area contributed by atoms with Crippen LogP contribution >= 0.6 is 0 Å². The van der Waals surface area contributed by atoms with Crippen molar-refractivity contribution in [2.75, 3.05) is 6.54 Å². The molecule has 0 saturated carbocycles. The first-order chi connectivity index (χ1) is 8.68. The van der Waals surface area contributed by atoms with Crippen LogP contribution in [-0.4, -0.2) is 34.4 Å². The molecule has 0 unspecified atom stereocenters. The van der Waals surface area contributed by atoms with E-state index in [-0.39, 0.29) is 18.0 Å². The number of hydrogen-bond acceptors (Lipinski definition) is 3. The van der Waals surface area contributed by atoms with E-state index < -0.39 is 0 Å². The zero-order chi connectivity index (χ0) is 13.0. The fraction of sp³-hybridized carbons (Fsp3) is 0.571. The molecule has 1 saturated heterocycles. The second-order valence-electron chi connectivity index (χ2n) is 5.07. The van der Waals surface area contributed by atoms with Crippen LogP contribution in [0.3, 0.4) is 0 Å². The predicted molar refractivity (Wildman–Crippen MR) is 70.9 cm³/mol. The van der Waals surface area contributed by atoms with Gasteiger partial charge in [-0.15, -0.1) is 0 Å². The van der Waals surface area contributed by atoms with Gasteiger partial charge in [0.15, 0.2) is 0 Å². The molecule has 1 atom stereocenters. The van der Waals surface area contributed by atoms with Gasteiger partial charge in [-0.3, -0.25) is 9.78 Å². The summed E-state index contributed by atoms with van der Waals surface area (Å²) < 4.78 is 0. The molecule has 4 nitrogen and oxygen atoms in total. The Morgan fingerprint density at radius 1 is 1.61 bits per heavy atom. The lowest BCUT2D eigenvalue weighted by atomic mass is 10.1. The second-order valence-corrected chi connectivity index (χ2v) is 5.07. The Kier molecular flexibility index (Phi) is 4.31. The quantitative estimate of drug-likeness (QED) is 0.878. The first-order valence-electron chi connectivity index (χ1n) is 6.61. The fourth-order valence-corrected chi connectivity index (χ4v) is 2.30. The van der Waals surface area contributed by atoms with Gasteiger partial charge in [0.1, 0.15) is 0 Å². The Bertz CT molecular complexity index is 385. The number of carbonyl (C=O) groups excluding carboxylic acids is 1. The van der Waals surface area contributed by atoms with Gasteiger partial charge in [-0.2, -0.15) is 0 Å². The van der Waals surface area contributed by atoms with E-state index in [0.717, 1.165) is 24.9 Å². The van der Waals surface area contributed by atoms with Crippen molar-refractivity contribution < 1.29 is 4.79 Å². The normalized spacial score (nSPS) is 19.2. The summed E-state index contributed by atoms with van der Waals surface area (Å²) in [5.41, 5.74) is 1.08. The third-order valence-corrected chi connectivity index (χ3v) is 3.34. The van der Waals surface area contributed by atoms with Gasteiger partial charge in [-0.1, -0.05) is 6.07 Å². The van der Waals surface area contributed by atoms with Crippen molar-refractivity contribution in [3.8, 4) is 0 Å². The van der Waals surface area contributed by atoms with Crippen LogP contribution in [0.4, 0.5) is 0 Å². The molecular formula is C14H21N3O. The molecule has 2 heterocycles. The molecule has 18 heavy (non-hydrogen) atoms. The molecule has 0 radical (unpaired) electrons. The lowest BCUT2D eigenvalue weighted by Crippen LogP contribution is -2.46. The third kappa shape index (κ3) is 3.07. The molecular weight excluding hydrogens is 226 g/mol. The standard InChI is InChI=1S/C14H21N3O/c1-11(2)17(10-12-5-3-7-15-9-12)14(18)13-6-4-8-16-13/h3,5,7,9,11,13,16H,4,6,8,10H2,1-2H3/t13-/m1/s1. The van der Waals surface area contributed by atoms with E-state index in [1.165, 1.54) is 0 Å². The highest BCUT2D eigenvalue weighted by molar-refractivity contribution is 5.82. The largest absolute Gasteiger partial charge is 0.335 e. The predicted octanol–water partition coefficient (Wildman–Crippen LogP) is 1.57. The van der Waals surface area contributed by atoms with Crippen molar-refractivity contribution >= 4 is 5.91 Å². The van der Waals surface area contributed by atoms with Gasteiger partial charge in [0.25, 0.3) is 0 Å². The summed E-state index contributed by atoms with van der Waals surface area (Å²) in [6.07, 6.45) is 5.62. The molecule has 0 spiro atoms. The summed E-state index contributed by atoms with van der Waals surface area (Å²) in [5.74, 6) is 0.214. The molecule has 2 rings (SSSR count). The van der Waals surface area contributed by atoms with Crippen LogP contribution in [0, 0.1) is 0 Å². The van der Waals surface area contributed by atoms with Gasteiger partial charge in [0.2, 0.25) is 5.91 Å². The molecule has 1 aromatic rings. The Hall–Kier alpha value is -1.42. The van der Waals surface area contributed by atoms with Crippen LogP contribution in [-0.2, 0) is 11.3 Å². The zero-order valence-electron chi connectivity index (χ0n) is 11.1. The average Bonchev–Trinajstić information content (AvgIpc) is 2.90. The van der Waals surface area contributed by atoms with Gasteiger partial charge in [0.05, 0.1) is 6.04 Å². The number of carbonyl (C=O) groups is 1. The molecule has 98 valence electrons. The highest BCUT2D eigenvalue weighted by Gasteiger charge is 2.28. The topological polar surface area (TPSA) is 45.2 Å². The summed E-state index contributed by atoms with van der Waals surface area (Å²) in [6.45, 7) is 5.71. The van der Waals surface area contributed by atoms with Gasteiger partial charge in [-0.25, -0.2) is 0 Å². The van der Waals surface area contributed by atoms with Crippen LogP contribution in [0.25, 0.3) is 0 Å². The van der Waals surface area contributed by atoms with Gasteiger partial charge in [0, 0.05) is 25.0 Å². The number of pyridine rings is 1. The minimum atomic E-state index is 0.00377. The summed E-state index contributed by atoms with van der Waals surface area (Å²) in [7, 11) is 0. The Morgan fingerprint density at radius 3 is 3.00 bits per heavy atom. The lowest BCUT2D eigenvalue weighted by molar-refractivity contribution is -0.135. The average molecular weight is 247 g/mol. The summed E-state index contributed by atoms with van der Waals surface area (Å²) in [6, 6.07) is 4.13. The minimum Gasteiger partial charge on any atom is -0.335 e. The number of aromatic nitrogens is 1. The molecule has 0 aromatic carbocycles. The summed E-state index contributed by atoms with van der Waals surface area (Å²) >= 11 is 0. The second kappa shape index (κ2) is 5.96. The molecule has 1 aliphatic rings. The van der Waals surface area contributed by atoms with Crippen LogP contribution in [0.1, 0.15) is 32.3 Å². The van der Waals surface area contributed by atoms with Crippen molar-refractivity contribution in [2.45, 2.75) is 45.3 Å². The maximum atomic E-state index is 12.4. The zero-order valence-corrected chi connectivity index (χ0v) is 11.1. The molecule has 0 bridgehead atoms. The van der Waals surface area contributed by atoms with Crippen molar-refractivity contribution in [3.63, 3.8) is 0 Å². The number of nitrogens with zero attached hydrogens (tertiary/aromatic N) is 2. The first-order valence-corrected chi connectivity index (χ1v) is 6.61. The van der Waals surface area contributed by atoms with Crippen molar-refractivity contribution in [1.29, 1.82) is 0 Å². The van der Waals surface area contributed by atoms with Crippen molar-refractivity contribution in [2.24, 2.45) is 0 Å². The van der Waals surface area contributed by atoms with Crippen molar-refractivity contribution in [1.82, 2.24) is 15.2 Å². The maximum absolute atomic E-state index is 12.4. The van der Waals surface area contributed by atoms with E-state index in [2.05, 4.69) is 24.1 Å². The highest BCUT2D eigenvalue weighted by atomic mass is 16.2. The third-order valence-electron chi connectivity index (χ3n) is 3.34. The van der Waals surface area contributed by atoms with Gasteiger partial charge >= 0.3 is 0 Å². The van der Waals surface area contributed by atoms with E-state index in [0.29, 0.717) is 6.54 Å². The number of rotatable bonds is 4. The van der Waals surface area contributed by atoms with Gasteiger partial charge < -0.3 is 10.2 Å². The first kappa shape index (κ1) is 13.0. The molecule has 1 aromatic heterocycles. The SMILES string of the molecule is CC(C)N(Cc1cccnc1)C(=O)[C@H]1CCCN1. The van der Waals surface area contributed by atoms with Crippen LogP contribution in [0.15, 0.2) is 24.5 Å². The van der Waals surface area contributed by atoms with Crippen LogP contribution < -0.4 is 5.32 Å². The smallest absolute Gasteiger partial charge is 0.240 e. The van der Waals surface area contributed by atoms with E-state index in [9.17, 15) is 4.79 Å². The molecule has 1 amide bonds. The molecule has 1 aliphatic heterocycles. The monoisotopic (exact) mass is 247 g/mol. The van der Waals surface area contributed by atoms with E-state index in [1.54, 1.807) is 6.20 Å².